The topological polar surface area (TPSA) is 40.2 Å². The summed E-state index contributed by atoms with van der Waals surface area (Å²) in [4.78, 5) is 6.27. The summed E-state index contributed by atoms with van der Waals surface area (Å²) in [5.41, 5.74) is 3.25. The molecule has 2 N–H and O–H groups in total. The third-order valence-electron chi connectivity index (χ3n) is 2.67. The van der Waals surface area contributed by atoms with Gasteiger partial charge in [-0.05, 0) is 24.3 Å². The summed E-state index contributed by atoms with van der Waals surface area (Å²) in [5, 5.41) is 6.39. The van der Waals surface area contributed by atoms with Crippen LogP contribution in [0.5, 0.6) is 0 Å². The fourth-order valence-electron chi connectivity index (χ4n) is 1.67. The molecular weight excluding hydrogens is 224 g/mol. The van der Waals surface area contributed by atoms with Crippen LogP contribution in [0.1, 0.15) is 0 Å². The van der Waals surface area contributed by atoms with Crippen molar-refractivity contribution in [2.24, 2.45) is 0 Å². The number of pyridine rings is 1. The molecular formula is C14H18N4. The van der Waals surface area contributed by atoms with Gasteiger partial charge in [0.25, 0.3) is 0 Å². The number of hydrogen-bond acceptors (Lipinski definition) is 4. The Balaban J connectivity index is 2.20. The van der Waals surface area contributed by atoms with Gasteiger partial charge in [0, 0.05) is 50.5 Å². The third kappa shape index (κ3) is 2.91. The van der Waals surface area contributed by atoms with E-state index in [2.05, 4.69) is 32.7 Å². The maximum absolute atomic E-state index is 4.19. The lowest BCUT2D eigenvalue weighted by Crippen LogP contribution is -2.08. The lowest BCUT2D eigenvalue weighted by molar-refractivity contribution is 1.13. The number of hydrogen-bond donors (Lipinski definition) is 2. The van der Waals surface area contributed by atoms with Gasteiger partial charge in [-0.3, -0.25) is 0 Å². The molecule has 1 aromatic heterocycles. The van der Waals surface area contributed by atoms with Crippen LogP contribution in [-0.2, 0) is 0 Å². The first-order valence-corrected chi connectivity index (χ1v) is 5.87. The quantitative estimate of drug-likeness (QED) is 0.865. The van der Waals surface area contributed by atoms with Gasteiger partial charge in [-0.25, -0.2) is 4.98 Å². The van der Waals surface area contributed by atoms with Crippen LogP contribution in [0, 0.1) is 0 Å². The molecule has 18 heavy (non-hydrogen) atoms. The van der Waals surface area contributed by atoms with Gasteiger partial charge in [0.05, 0.1) is 0 Å². The standard InChI is InChI=1S/C14H18N4/c1-15-14-10-12(7-8-16-14)17-11-5-4-6-13(9-11)18(2)3/h4-10H,1-3H3,(H2,15,16,17). The van der Waals surface area contributed by atoms with Crippen LogP contribution in [-0.4, -0.2) is 26.1 Å². The first-order chi connectivity index (χ1) is 8.69. The van der Waals surface area contributed by atoms with Crippen LogP contribution in [0.25, 0.3) is 0 Å². The minimum atomic E-state index is 0.851. The molecule has 0 spiro atoms. The molecule has 0 amide bonds. The van der Waals surface area contributed by atoms with Crippen molar-refractivity contribution in [3.05, 3.63) is 42.6 Å². The summed E-state index contributed by atoms with van der Waals surface area (Å²) in [7, 11) is 5.92. The van der Waals surface area contributed by atoms with E-state index in [0.717, 1.165) is 17.2 Å². The fourth-order valence-corrected chi connectivity index (χ4v) is 1.67. The highest BCUT2D eigenvalue weighted by atomic mass is 15.1. The van der Waals surface area contributed by atoms with Gasteiger partial charge in [0.1, 0.15) is 5.82 Å². The lowest BCUT2D eigenvalue weighted by Gasteiger charge is -2.14. The van der Waals surface area contributed by atoms with E-state index in [1.165, 1.54) is 5.69 Å². The summed E-state index contributed by atoms with van der Waals surface area (Å²) in [6.45, 7) is 0. The molecule has 1 aromatic carbocycles. The average Bonchev–Trinajstić information content (AvgIpc) is 2.39. The van der Waals surface area contributed by atoms with Crippen LogP contribution in [0.4, 0.5) is 22.9 Å². The Kier molecular flexibility index (Phi) is 3.67. The van der Waals surface area contributed by atoms with Gasteiger partial charge in [-0.2, -0.15) is 0 Å². The molecule has 0 saturated heterocycles. The van der Waals surface area contributed by atoms with E-state index in [1.807, 2.05) is 45.4 Å². The number of nitrogens with zero attached hydrogens (tertiary/aromatic N) is 2. The summed E-state index contributed by atoms with van der Waals surface area (Å²) in [5.74, 6) is 0.851. The molecule has 1 heterocycles. The van der Waals surface area contributed by atoms with Crippen molar-refractivity contribution < 1.29 is 0 Å². The first kappa shape index (κ1) is 12.2. The van der Waals surface area contributed by atoms with Gasteiger partial charge in [-0.1, -0.05) is 6.07 Å². The smallest absolute Gasteiger partial charge is 0.127 e. The Bertz CT molecular complexity index is 523. The molecule has 0 unspecified atom stereocenters. The van der Waals surface area contributed by atoms with Crippen molar-refractivity contribution in [1.29, 1.82) is 0 Å². The molecule has 0 saturated carbocycles. The maximum Gasteiger partial charge on any atom is 0.127 e. The number of aromatic nitrogens is 1. The SMILES string of the molecule is CNc1cc(Nc2cccc(N(C)C)c2)ccn1. The maximum atomic E-state index is 4.19. The summed E-state index contributed by atoms with van der Waals surface area (Å²) in [6, 6.07) is 12.2. The highest BCUT2D eigenvalue weighted by Gasteiger charge is 1.99. The number of anilines is 4. The van der Waals surface area contributed by atoms with E-state index in [1.54, 1.807) is 6.20 Å². The molecule has 0 bridgehead atoms. The van der Waals surface area contributed by atoms with Crippen LogP contribution >= 0.6 is 0 Å². The molecule has 4 nitrogen and oxygen atoms in total. The largest absolute Gasteiger partial charge is 0.378 e. The van der Waals surface area contributed by atoms with E-state index in [0.29, 0.717) is 0 Å². The lowest BCUT2D eigenvalue weighted by atomic mass is 10.2. The van der Waals surface area contributed by atoms with Gasteiger partial charge < -0.3 is 15.5 Å². The molecule has 0 fully saturated rings. The van der Waals surface area contributed by atoms with Gasteiger partial charge in [0.2, 0.25) is 0 Å². The van der Waals surface area contributed by atoms with E-state index >= 15 is 0 Å². The first-order valence-electron chi connectivity index (χ1n) is 5.87. The predicted molar refractivity (Wildman–Crippen MR) is 77.8 cm³/mol. The summed E-state index contributed by atoms with van der Waals surface area (Å²) < 4.78 is 0. The Morgan fingerprint density at radius 1 is 1.06 bits per heavy atom. The molecule has 0 aliphatic carbocycles. The predicted octanol–water partition coefficient (Wildman–Crippen LogP) is 2.93. The number of nitrogens with one attached hydrogen (secondary N) is 2. The van der Waals surface area contributed by atoms with Crippen molar-refractivity contribution in [3.8, 4) is 0 Å². The Labute approximate surface area is 108 Å². The number of benzene rings is 1. The van der Waals surface area contributed by atoms with Crippen molar-refractivity contribution >= 4 is 22.9 Å². The van der Waals surface area contributed by atoms with E-state index < -0.39 is 0 Å². The zero-order valence-corrected chi connectivity index (χ0v) is 10.9. The fraction of sp³-hybridized carbons (Fsp3) is 0.214. The zero-order valence-electron chi connectivity index (χ0n) is 10.9. The Morgan fingerprint density at radius 2 is 1.83 bits per heavy atom. The molecule has 0 atom stereocenters. The van der Waals surface area contributed by atoms with Gasteiger partial charge in [-0.15, -0.1) is 0 Å². The van der Waals surface area contributed by atoms with Crippen molar-refractivity contribution in [2.75, 3.05) is 36.7 Å². The molecule has 0 radical (unpaired) electrons. The van der Waals surface area contributed by atoms with Gasteiger partial charge in [0.15, 0.2) is 0 Å². The van der Waals surface area contributed by atoms with E-state index in [-0.39, 0.29) is 0 Å². The molecule has 2 aromatic rings. The van der Waals surface area contributed by atoms with Crippen LogP contribution in [0.15, 0.2) is 42.6 Å². The van der Waals surface area contributed by atoms with Crippen molar-refractivity contribution in [3.63, 3.8) is 0 Å². The minimum Gasteiger partial charge on any atom is -0.378 e. The Hall–Kier alpha value is -2.23. The van der Waals surface area contributed by atoms with E-state index in [4.69, 9.17) is 0 Å². The van der Waals surface area contributed by atoms with Crippen molar-refractivity contribution in [1.82, 2.24) is 4.98 Å². The normalized spacial score (nSPS) is 9.94. The second-order valence-electron chi connectivity index (χ2n) is 4.25. The summed E-state index contributed by atoms with van der Waals surface area (Å²) in [6.07, 6.45) is 1.78. The molecule has 4 heteroatoms. The molecule has 94 valence electrons. The highest BCUT2D eigenvalue weighted by Crippen LogP contribution is 2.22. The van der Waals surface area contributed by atoms with E-state index in [9.17, 15) is 0 Å². The van der Waals surface area contributed by atoms with Crippen molar-refractivity contribution in [2.45, 2.75) is 0 Å². The van der Waals surface area contributed by atoms with Crippen LogP contribution < -0.4 is 15.5 Å². The highest BCUT2D eigenvalue weighted by molar-refractivity contribution is 5.66. The molecule has 2 rings (SSSR count). The summed E-state index contributed by atoms with van der Waals surface area (Å²) >= 11 is 0. The van der Waals surface area contributed by atoms with Crippen LogP contribution in [0.3, 0.4) is 0 Å². The molecule has 0 aliphatic heterocycles. The average molecular weight is 242 g/mol. The third-order valence-corrected chi connectivity index (χ3v) is 2.67. The molecule has 0 aliphatic rings. The zero-order chi connectivity index (χ0) is 13.0. The van der Waals surface area contributed by atoms with Crippen LogP contribution in [0.2, 0.25) is 0 Å². The minimum absolute atomic E-state index is 0.851. The Morgan fingerprint density at radius 3 is 2.56 bits per heavy atom. The monoisotopic (exact) mass is 242 g/mol. The number of rotatable bonds is 4. The second-order valence-corrected chi connectivity index (χ2v) is 4.25. The second kappa shape index (κ2) is 5.40. The van der Waals surface area contributed by atoms with Gasteiger partial charge >= 0.3 is 0 Å².